The first-order chi connectivity index (χ1) is 11.5. The van der Waals surface area contributed by atoms with Gasteiger partial charge in [0.2, 0.25) is 5.91 Å². The van der Waals surface area contributed by atoms with E-state index in [4.69, 9.17) is 23.2 Å². The molecule has 2 aromatic rings. The van der Waals surface area contributed by atoms with E-state index in [0.717, 1.165) is 19.4 Å². The molecule has 2 aromatic carbocycles. The molecule has 3 nitrogen and oxygen atoms in total. The van der Waals surface area contributed by atoms with Gasteiger partial charge in [0.05, 0.1) is 15.7 Å². The molecule has 5 heteroatoms. The summed E-state index contributed by atoms with van der Waals surface area (Å²) in [4.78, 5) is 14.6. The van der Waals surface area contributed by atoms with E-state index in [1.807, 2.05) is 0 Å². The normalized spacial score (nSPS) is 13.5. The molecule has 3 rings (SSSR count). The van der Waals surface area contributed by atoms with Crippen LogP contribution in [-0.2, 0) is 11.2 Å². The van der Waals surface area contributed by atoms with Gasteiger partial charge in [-0.05, 0) is 43.5 Å². The number of para-hydroxylation sites is 1. The topological polar surface area (TPSA) is 32.3 Å². The highest BCUT2D eigenvalue weighted by Gasteiger charge is 2.18. The number of aryl methyl sites for hydroxylation is 2. The van der Waals surface area contributed by atoms with Gasteiger partial charge >= 0.3 is 0 Å². The molecule has 0 spiro atoms. The van der Waals surface area contributed by atoms with Gasteiger partial charge in [-0.15, -0.1) is 0 Å². The fraction of sp³-hybridized carbons (Fsp3) is 0.316. The number of rotatable bonds is 4. The Bertz CT molecular complexity index is 741. The molecule has 0 unspecified atom stereocenters. The van der Waals surface area contributed by atoms with E-state index in [2.05, 4.69) is 35.3 Å². The predicted octanol–water partition coefficient (Wildman–Crippen LogP) is 5.08. The summed E-state index contributed by atoms with van der Waals surface area (Å²) in [5.41, 5.74) is 4.38. The molecule has 0 atom stereocenters. The first-order valence-corrected chi connectivity index (χ1v) is 8.88. The number of anilines is 2. The largest absolute Gasteiger partial charge is 0.371 e. The zero-order valence-electron chi connectivity index (χ0n) is 13.6. The van der Waals surface area contributed by atoms with E-state index >= 15 is 0 Å². The van der Waals surface area contributed by atoms with Gasteiger partial charge < -0.3 is 10.2 Å². The number of amides is 1. The van der Waals surface area contributed by atoms with E-state index in [0.29, 0.717) is 28.7 Å². The Balaban J connectivity index is 1.64. The highest BCUT2D eigenvalue weighted by Crippen LogP contribution is 2.30. The smallest absolute Gasteiger partial charge is 0.226 e. The number of halogens is 2. The number of fused-ring (bicyclic) bond motifs is 1. The van der Waals surface area contributed by atoms with Crippen LogP contribution < -0.4 is 10.2 Å². The van der Waals surface area contributed by atoms with Crippen LogP contribution in [0, 0.1) is 6.92 Å². The maximum absolute atomic E-state index is 12.3. The number of hydrogen-bond acceptors (Lipinski definition) is 2. The van der Waals surface area contributed by atoms with Crippen molar-refractivity contribution in [1.29, 1.82) is 0 Å². The number of hydrogen-bond donors (Lipinski definition) is 1. The van der Waals surface area contributed by atoms with Crippen LogP contribution >= 0.6 is 23.2 Å². The Morgan fingerprint density at radius 3 is 2.71 bits per heavy atom. The van der Waals surface area contributed by atoms with Crippen molar-refractivity contribution in [3.05, 3.63) is 57.6 Å². The number of carbonyl (C=O) groups is 1. The molecule has 1 amide bonds. The lowest BCUT2D eigenvalue weighted by Gasteiger charge is -2.31. The van der Waals surface area contributed by atoms with Crippen molar-refractivity contribution in [2.24, 2.45) is 0 Å². The molecule has 0 bridgehead atoms. The highest BCUT2D eigenvalue weighted by molar-refractivity contribution is 6.39. The summed E-state index contributed by atoms with van der Waals surface area (Å²) in [6.07, 6.45) is 2.62. The van der Waals surface area contributed by atoms with Crippen LogP contribution in [0.15, 0.2) is 36.4 Å². The first kappa shape index (κ1) is 17.1. The number of nitrogens with zero attached hydrogens (tertiary/aromatic N) is 1. The van der Waals surface area contributed by atoms with Gasteiger partial charge in [-0.3, -0.25) is 4.79 Å². The second-order valence-corrected chi connectivity index (χ2v) is 6.93. The number of carbonyl (C=O) groups excluding carboxylic acids is 1. The zero-order chi connectivity index (χ0) is 17.1. The molecule has 1 aliphatic rings. The highest BCUT2D eigenvalue weighted by atomic mass is 35.5. The van der Waals surface area contributed by atoms with Gasteiger partial charge in [-0.2, -0.15) is 0 Å². The van der Waals surface area contributed by atoms with Crippen molar-refractivity contribution in [3.8, 4) is 0 Å². The molecule has 1 heterocycles. The summed E-state index contributed by atoms with van der Waals surface area (Å²) in [6, 6.07) is 11.7. The van der Waals surface area contributed by atoms with Crippen molar-refractivity contribution >= 4 is 40.5 Å². The van der Waals surface area contributed by atoms with Gasteiger partial charge in [-0.1, -0.05) is 47.0 Å². The maximum Gasteiger partial charge on any atom is 0.226 e. The summed E-state index contributed by atoms with van der Waals surface area (Å²) >= 11 is 12.2. The third-order valence-electron chi connectivity index (χ3n) is 4.29. The molecule has 1 N–H and O–H groups in total. The summed E-state index contributed by atoms with van der Waals surface area (Å²) in [6.45, 7) is 3.78. The molecule has 0 aromatic heterocycles. The third-order valence-corrected chi connectivity index (χ3v) is 4.92. The summed E-state index contributed by atoms with van der Waals surface area (Å²) in [7, 11) is 0. The van der Waals surface area contributed by atoms with Crippen molar-refractivity contribution < 1.29 is 4.79 Å². The fourth-order valence-electron chi connectivity index (χ4n) is 3.09. The van der Waals surface area contributed by atoms with Crippen LogP contribution in [-0.4, -0.2) is 19.0 Å². The van der Waals surface area contributed by atoms with Crippen LogP contribution in [0.4, 0.5) is 11.4 Å². The van der Waals surface area contributed by atoms with Crippen molar-refractivity contribution in [1.82, 2.24) is 0 Å². The minimum atomic E-state index is -0.0794. The van der Waals surface area contributed by atoms with Crippen molar-refractivity contribution in [2.45, 2.75) is 26.2 Å². The lowest BCUT2D eigenvalue weighted by molar-refractivity contribution is -0.116. The van der Waals surface area contributed by atoms with Gasteiger partial charge in [0.25, 0.3) is 0 Å². The second-order valence-electron chi connectivity index (χ2n) is 6.12. The van der Waals surface area contributed by atoms with Crippen LogP contribution in [0.2, 0.25) is 10.0 Å². The Labute approximate surface area is 152 Å². The monoisotopic (exact) mass is 362 g/mol. The maximum atomic E-state index is 12.3. The molecule has 0 aliphatic carbocycles. The van der Waals surface area contributed by atoms with E-state index in [1.165, 1.54) is 16.8 Å². The summed E-state index contributed by atoms with van der Waals surface area (Å²) < 4.78 is 0. The average Bonchev–Trinajstić information content (AvgIpc) is 2.56. The predicted molar refractivity (Wildman–Crippen MR) is 101 cm³/mol. The zero-order valence-corrected chi connectivity index (χ0v) is 15.1. The first-order valence-electron chi connectivity index (χ1n) is 8.13. The van der Waals surface area contributed by atoms with Crippen molar-refractivity contribution in [3.63, 3.8) is 0 Å². The molecular formula is C19H20Cl2N2O. The van der Waals surface area contributed by atoms with E-state index in [9.17, 15) is 4.79 Å². The lowest BCUT2D eigenvalue weighted by Crippen LogP contribution is -2.32. The SMILES string of the molecule is Cc1ccc2c(c1)CCCN2CCC(=O)Nc1c(Cl)cccc1Cl. The number of nitrogens with one attached hydrogen (secondary N) is 1. The van der Waals surface area contributed by atoms with Gasteiger partial charge in [0, 0.05) is 25.2 Å². The van der Waals surface area contributed by atoms with Gasteiger partial charge in [0.15, 0.2) is 0 Å². The quantitative estimate of drug-likeness (QED) is 0.821. The third kappa shape index (κ3) is 3.85. The summed E-state index contributed by atoms with van der Waals surface area (Å²) in [5, 5.41) is 3.73. The molecule has 24 heavy (non-hydrogen) atoms. The Kier molecular flexibility index (Phi) is 5.32. The van der Waals surface area contributed by atoms with E-state index in [1.54, 1.807) is 18.2 Å². The van der Waals surface area contributed by atoms with E-state index in [-0.39, 0.29) is 5.91 Å². The minimum absolute atomic E-state index is 0.0794. The molecule has 0 fully saturated rings. The van der Waals surface area contributed by atoms with E-state index < -0.39 is 0 Å². The molecule has 1 aliphatic heterocycles. The van der Waals surface area contributed by atoms with Crippen LogP contribution in [0.3, 0.4) is 0 Å². The lowest BCUT2D eigenvalue weighted by atomic mass is 9.99. The minimum Gasteiger partial charge on any atom is -0.371 e. The molecule has 0 saturated heterocycles. The van der Waals surface area contributed by atoms with Gasteiger partial charge in [0.1, 0.15) is 0 Å². The van der Waals surface area contributed by atoms with Crippen molar-refractivity contribution in [2.75, 3.05) is 23.3 Å². The average molecular weight is 363 g/mol. The molecule has 126 valence electrons. The molecule has 0 radical (unpaired) electrons. The van der Waals surface area contributed by atoms with Crippen LogP contribution in [0.5, 0.6) is 0 Å². The number of benzene rings is 2. The standard InChI is InChI=1S/C19H20Cl2N2O/c1-13-7-8-17-14(12-13)4-3-10-23(17)11-9-18(24)22-19-15(20)5-2-6-16(19)21/h2,5-8,12H,3-4,9-11H2,1H3,(H,22,24). The summed E-state index contributed by atoms with van der Waals surface area (Å²) in [5.74, 6) is -0.0794. The Hall–Kier alpha value is -1.71. The Morgan fingerprint density at radius 2 is 1.96 bits per heavy atom. The fourth-order valence-corrected chi connectivity index (χ4v) is 3.58. The Morgan fingerprint density at radius 1 is 1.21 bits per heavy atom. The van der Waals surface area contributed by atoms with Crippen LogP contribution in [0.25, 0.3) is 0 Å². The molecule has 0 saturated carbocycles. The van der Waals surface area contributed by atoms with Gasteiger partial charge in [-0.25, -0.2) is 0 Å². The second kappa shape index (κ2) is 7.45. The van der Waals surface area contributed by atoms with Crippen LogP contribution in [0.1, 0.15) is 24.0 Å². The molecular weight excluding hydrogens is 343 g/mol.